The molecule has 1 aromatic heterocycles. The summed E-state index contributed by atoms with van der Waals surface area (Å²) in [7, 11) is 3.90. The first kappa shape index (κ1) is 19.5. The van der Waals surface area contributed by atoms with Crippen LogP contribution in [0.15, 0.2) is 60.8 Å². The molecule has 1 aliphatic rings. The average Bonchev–Trinajstić information content (AvgIpc) is 3.28. The zero-order valence-electron chi connectivity index (χ0n) is 16.6. The van der Waals surface area contributed by atoms with Crippen molar-refractivity contribution in [2.45, 2.75) is 6.54 Å². The standard InChI is InChI=1S/C22H20N4O4/c1-24(2)12-13-25-19(15-8-4-3-5-9-15)18(14-23-25)22(29)30-26-20(27)16-10-6-7-11-17(16)21(26)28/h3-11,14H,12-13H2,1-2H3. The first-order valence-electron chi connectivity index (χ1n) is 9.43. The highest BCUT2D eigenvalue weighted by Gasteiger charge is 2.39. The number of carbonyl (C=O) groups excluding carboxylic acids is 3. The summed E-state index contributed by atoms with van der Waals surface area (Å²) in [5, 5.41) is 4.85. The summed E-state index contributed by atoms with van der Waals surface area (Å²) >= 11 is 0. The molecule has 2 amide bonds. The van der Waals surface area contributed by atoms with E-state index >= 15 is 0 Å². The molecule has 8 heteroatoms. The molecule has 0 spiro atoms. The molecule has 1 aliphatic heterocycles. The predicted molar refractivity (Wildman–Crippen MR) is 109 cm³/mol. The number of amides is 2. The molecule has 0 N–H and O–H groups in total. The number of nitrogens with zero attached hydrogens (tertiary/aromatic N) is 4. The minimum absolute atomic E-state index is 0.177. The summed E-state index contributed by atoms with van der Waals surface area (Å²) in [5.41, 5.74) is 1.94. The van der Waals surface area contributed by atoms with Crippen LogP contribution in [0.5, 0.6) is 0 Å². The Bertz CT molecular complexity index is 1090. The lowest BCUT2D eigenvalue weighted by atomic mass is 10.1. The quantitative estimate of drug-likeness (QED) is 0.587. The number of carbonyl (C=O) groups is 3. The second-order valence-corrected chi connectivity index (χ2v) is 7.13. The number of imide groups is 1. The molecule has 2 aromatic carbocycles. The Morgan fingerprint density at radius 1 is 0.967 bits per heavy atom. The number of hydroxylamine groups is 2. The van der Waals surface area contributed by atoms with Gasteiger partial charge < -0.3 is 9.74 Å². The van der Waals surface area contributed by atoms with Crippen molar-refractivity contribution in [3.8, 4) is 11.3 Å². The molecule has 8 nitrogen and oxygen atoms in total. The Hall–Kier alpha value is -3.78. The highest BCUT2D eigenvalue weighted by atomic mass is 16.7. The fourth-order valence-corrected chi connectivity index (χ4v) is 3.28. The lowest BCUT2D eigenvalue weighted by Crippen LogP contribution is -2.32. The summed E-state index contributed by atoms with van der Waals surface area (Å²) in [6, 6.07) is 15.7. The molecule has 4 rings (SSSR count). The number of rotatable bonds is 6. The number of hydrogen-bond acceptors (Lipinski definition) is 6. The van der Waals surface area contributed by atoms with Gasteiger partial charge in [-0.1, -0.05) is 47.5 Å². The molecule has 152 valence electrons. The van der Waals surface area contributed by atoms with E-state index in [9.17, 15) is 14.4 Å². The fraction of sp³-hybridized carbons (Fsp3) is 0.182. The number of aromatic nitrogens is 2. The predicted octanol–water partition coefficient (Wildman–Crippen LogP) is 2.48. The van der Waals surface area contributed by atoms with Gasteiger partial charge in [0, 0.05) is 12.1 Å². The van der Waals surface area contributed by atoms with Gasteiger partial charge in [-0.15, -0.1) is 0 Å². The first-order chi connectivity index (χ1) is 14.5. The van der Waals surface area contributed by atoms with Gasteiger partial charge in [0.25, 0.3) is 11.8 Å². The zero-order chi connectivity index (χ0) is 21.3. The molecule has 30 heavy (non-hydrogen) atoms. The molecule has 0 fully saturated rings. The Labute approximate surface area is 173 Å². The lowest BCUT2D eigenvalue weighted by Gasteiger charge is -2.15. The number of fused-ring (bicyclic) bond motifs is 1. The second-order valence-electron chi connectivity index (χ2n) is 7.13. The highest BCUT2D eigenvalue weighted by Crippen LogP contribution is 2.27. The van der Waals surface area contributed by atoms with E-state index in [-0.39, 0.29) is 16.7 Å². The second kappa shape index (κ2) is 7.92. The van der Waals surface area contributed by atoms with Gasteiger partial charge in [-0.05, 0) is 26.2 Å². The van der Waals surface area contributed by atoms with E-state index in [1.54, 1.807) is 16.8 Å². The Morgan fingerprint density at radius 2 is 1.57 bits per heavy atom. The average molecular weight is 404 g/mol. The van der Waals surface area contributed by atoms with Gasteiger partial charge in [-0.2, -0.15) is 5.10 Å². The van der Waals surface area contributed by atoms with Gasteiger partial charge >= 0.3 is 5.97 Å². The normalized spacial score (nSPS) is 13.1. The third-order valence-corrected chi connectivity index (χ3v) is 4.80. The summed E-state index contributed by atoms with van der Waals surface area (Å²) in [5.74, 6) is -2.14. The van der Waals surface area contributed by atoms with E-state index in [1.807, 2.05) is 49.3 Å². The van der Waals surface area contributed by atoms with Crippen molar-refractivity contribution < 1.29 is 19.2 Å². The lowest BCUT2D eigenvalue weighted by molar-refractivity contribution is -0.0584. The largest absolute Gasteiger partial charge is 0.367 e. The van der Waals surface area contributed by atoms with Crippen LogP contribution in [0.3, 0.4) is 0 Å². The van der Waals surface area contributed by atoms with Gasteiger partial charge in [0.2, 0.25) is 0 Å². The summed E-state index contributed by atoms with van der Waals surface area (Å²) in [6.45, 7) is 1.27. The van der Waals surface area contributed by atoms with Gasteiger partial charge in [0.1, 0.15) is 5.56 Å². The van der Waals surface area contributed by atoms with Gasteiger partial charge in [0.15, 0.2) is 0 Å². The number of hydrogen-bond donors (Lipinski definition) is 0. The molecule has 0 unspecified atom stereocenters. The van der Waals surface area contributed by atoms with Crippen LogP contribution in [0.4, 0.5) is 0 Å². The minimum atomic E-state index is -0.820. The van der Waals surface area contributed by atoms with Crippen LogP contribution in [0, 0.1) is 0 Å². The minimum Gasteiger partial charge on any atom is -0.324 e. The molecule has 0 saturated heterocycles. The van der Waals surface area contributed by atoms with Crippen molar-refractivity contribution in [3.05, 3.63) is 77.5 Å². The van der Waals surface area contributed by atoms with Crippen molar-refractivity contribution >= 4 is 17.8 Å². The van der Waals surface area contributed by atoms with Crippen molar-refractivity contribution in [1.29, 1.82) is 0 Å². The topological polar surface area (TPSA) is 84.7 Å². The molecule has 0 aliphatic carbocycles. The van der Waals surface area contributed by atoms with Crippen LogP contribution in [0.2, 0.25) is 0 Å². The third kappa shape index (κ3) is 3.48. The summed E-state index contributed by atoms with van der Waals surface area (Å²) < 4.78 is 1.72. The van der Waals surface area contributed by atoms with Crippen molar-refractivity contribution in [2.24, 2.45) is 0 Å². The number of benzene rings is 2. The molecule has 0 saturated carbocycles. The van der Waals surface area contributed by atoms with Crippen LogP contribution in [0.25, 0.3) is 11.3 Å². The molecule has 3 aromatic rings. The van der Waals surface area contributed by atoms with E-state index < -0.39 is 17.8 Å². The zero-order valence-corrected chi connectivity index (χ0v) is 16.6. The van der Waals surface area contributed by atoms with Crippen molar-refractivity contribution in [3.63, 3.8) is 0 Å². The molecule has 0 atom stereocenters. The Balaban J connectivity index is 1.65. The third-order valence-electron chi connectivity index (χ3n) is 4.80. The first-order valence-corrected chi connectivity index (χ1v) is 9.43. The van der Waals surface area contributed by atoms with Crippen LogP contribution in [0.1, 0.15) is 31.1 Å². The smallest absolute Gasteiger partial charge is 0.324 e. The van der Waals surface area contributed by atoms with Gasteiger partial charge in [0.05, 0.1) is 29.6 Å². The van der Waals surface area contributed by atoms with E-state index in [2.05, 4.69) is 5.10 Å². The van der Waals surface area contributed by atoms with Gasteiger partial charge in [-0.3, -0.25) is 14.3 Å². The summed E-state index contributed by atoms with van der Waals surface area (Å²) in [6.07, 6.45) is 1.40. The van der Waals surface area contributed by atoms with E-state index in [4.69, 9.17) is 4.84 Å². The maximum atomic E-state index is 13.0. The molecular formula is C22H20N4O4. The van der Waals surface area contributed by atoms with Crippen LogP contribution in [-0.2, 0) is 11.4 Å². The Morgan fingerprint density at radius 3 is 2.17 bits per heavy atom. The van der Waals surface area contributed by atoms with Crippen molar-refractivity contribution in [1.82, 2.24) is 19.7 Å². The van der Waals surface area contributed by atoms with E-state index in [0.29, 0.717) is 23.8 Å². The number of likely N-dealkylation sites (N-methyl/N-ethyl adjacent to an activating group) is 1. The van der Waals surface area contributed by atoms with Crippen LogP contribution in [-0.4, -0.2) is 58.2 Å². The highest BCUT2D eigenvalue weighted by molar-refractivity contribution is 6.21. The maximum Gasteiger partial charge on any atom is 0.367 e. The van der Waals surface area contributed by atoms with Gasteiger partial charge in [-0.25, -0.2) is 4.79 Å². The van der Waals surface area contributed by atoms with E-state index in [0.717, 1.165) is 5.56 Å². The molecule has 2 heterocycles. The SMILES string of the molecule is CN(C)CCn1ncc(C(=O)ON2C(=O)c3ccccc3C2=O)c1-c1ccccc1. The monoisotopic (exact) mass is 404 g/mol. The fourth-order valence-electron chi connectivity index (χ4n) is 3.28. The summed E-state index contributed by atoms with van der Waals surface area (Å²) in [4.78, 5) is 45.2. The molecule has 0 radical (unpaired) electrons. The maximum absolute atomic E-state index is 13.0. The van der Waals surface area contributed by atoms with E-state index in [1.165, 1.54) is 18.3 Å². The van der Waals surface area contributed by atoms with Crippen LogP contribution < -0.4 is 0 Å². The van der Waals surface area contributed by atoms with Crippen LogP contribution >= 0.6 is 0 Å². The molecule has 0 bridgehead atoms. The Kier molecular flexibility index (Phi) is 5.16. The van der Waals surface area contributed by atoms with Crippen molar-refractivity contribution in [2.75, 3.05) is 20.6 Å². The molecular weight excluding hydrogens is 384 g/mol.